The maximum atomic E-state index is 12.6. The van der Waals surface area contributed by atoms with E-state index in [2.05, 4.69) is 20.8 Å². The summed E-state index contributed by atoms with van der Waals surface area (Å²) in [6.45, 7) is 0.482. The number of thioether (sulfide) groups is 1. The summed E-state index contributed by atoms with van der Waals surface area (Å²) in [4.78, 5) is 27.2. The Bertz CT molecular complexity index is 1150. The molecule has 29 heavy (non-hydrogen) atoms. The lowest BCUT2D eigenvalue weighted by Gasteiger charge is -2.06. The zero-order valence-corrected chi connectivity index (χ0v) is 17.2. The summed E-state index contributed by atoms with van der Waals surface area (Å²) >= 11 is 3.21. The predicted octanol–water partition coefficient (Wildman–Crippen LogP) is 4.53. The molecule has 4 aromatic rings. The summed E-state index contributed by atoms with van der Waals surface area (Å²) < 4.78 is 0. The molecule has 3 N–H and O–H groups in total. The summed E-state index contributed by atoms with van der Waals surface area (Å²) in [7, 11) is 0. The molecule has 4 rings (SSSR count). The van der Waals surface area contributed by atoms with Gasteiger partial charge >= 0.3 is 0 Å². The van der Waals surface area contributed by atoms with E-state index >= 15 is 0 Å². The van der Waals surface area contributed by atoms with Crippen LogP contribution in [0.1, 0.15) is 25.6 Å². The first-order valence-electron chi connectivity index (χ1n) is 8.88. The highest BCUT2D eigenvalue weighted by molar-refractivity contribution is 7.98. The van der Waals surface area contributed by atoms with Gasteiger partial charge in [0.05, 0.1) is 12.1 Å². The molecule has 0 radical (unpaired) electrons. The van der Waals surface area contributed by atoms with Gasteiger partial charge in [0.15, 0.2) is 5.82 Å². The highest BCUT2D eigenvalue weighted by Gasteiger charge is 2.14. The van der Waals surface area contributed by atoms with E-state index in [1.54, 1.807) is 53.4 Å². The van der Waals surface area contributed by atoms with Gasteiger partial charge in [0.2, 0.25) is 0 Å². The molecule has 0 atom stereocenters. The lowest BCUT2D eigenvalue weighted by atomic mass is 10.1. The SMILES string of the molecule is CSc1ccc(C(=O)Nc2n[nH]c3ccc(C(=O)NCc4cccs4)cc23)cc1. The van der Waals surface area contributed by atoms with Gasteiger partial charge < -0.3 is 10.6 Å². The van der Waals surface area contributed by atoms with Crippen LogP contribution >= 0.6 is 23.1 Å². The Morgan fingerprint density at radius 3 is 2.59 bits per heavy atom. The molecule has 2 aromatic carbocycles. The van der Waals surface area contributed by atoms with Crippen molar-refractivity contribution in [2.24, 2.45) is 0 Å². The van der Waals surface area contributed by atoms with Crippen molar-refractivity contribution in [3.05, 3.63) is 76.0 Å². The van der Waals surface area contributed by atoms with Crippen LogP contribution in [0.4, 0.5) is 5.82 Å². The van der Waals surface area contributed by atoms with Gasteiger partial charge in [-0.25, -0.2) is 0 Å². The summed E-state index contributed by atoms with van der Waals surface area (Å²) in [6, 6.07) is 16.5. The fraction of sp³-hybridized carbons (Fsp3) is 0.0952. The van der Waals surface area contributed by atoms with E-state index < -0.39 is 0 Å². The van der Waals surface area contributed by atoms with Gasteiger partial charge in [-0.3, -0.25) is 14.7 Å². The molecule has 0 spiro atoms. The van der Waals surface area contributed by atoms with Crippen LogP contribution in [-0.2, 0) is 6.54 Å². The minimum absolute atomic E-state index is 0.175. The molecule has 6 nitrogen and oxygen atoms in total. The number of amides is 2. The largest absolute Gasteiger partial charge is 0.347 e. The van der Waals surface area contributed by atoms with Crippen LogP contribution in [0.5, 0.6) is 0 Å². The maximum Gasteiger partial charge on any atom is 0.256 e. The zero-order valence-electron chi connectivity index (χ0n) is 15.6. The van der Waals surface area contributed by atoms with Crippen LogP contribution in [0.3, 0.4) is 0 Å². The van der Waals surface area contributed by atoms with Gasteiger partial charge in [-0.15, -0.1) is 23.1 Å². The van der Waals surface area contributed by atoms with E-state index in [9.17, 15) is 9.59 Å². The second-order valence-electron chi connectivity index (χ2n) is 6.28. The van der Waals surface area contributed by atoms with Crippen molar-refractivity contribution in [3.8, 4) is 0 Å². The minimum Gasteiger partial charge on any atom is -0.347 e. The van der Waals surface area contributed by atoms with E-state index in [1.807, 2.05) is 35.9 Å². The van der Waals surface area contributed by atoms with Crippen LogP contribution < -0.4 is 10.6 Å². The first kappa shape index (κ1) is 19.2. The smallest absolute Gasteiger partial charge is 0.256 e. The predicted molar refractivity (Wildman–Crippen MR) is 118 cm³/mol. The monoisotopic (exact) mass is 422 g/mol. The Balaban J connectivity index is 1.51. The van der Waals surface area contributed by atoms with Crippen molar-refractivity contribution in [1.29, 1.82) is 0 Å². The number of fused-ring (bicyclic) bond motifs is 1. The average Bonchev–Trinajstić information content (AvgIpc) is 3.42. The number of aromatic nitrogens is 2. The minimum atomic E-state index is -0.251. The molecule has 0 fully saturated rings. The van der Waals surface area contributed by atoms with Crippen LogP contribution in [0.25, 0.3) is 10.9 Å². The summed E-state index contributed by atoms with van der Waals surface area (Å²) in [5, 5.41) is 15.5. The fourth-order valence-corrected chi connectivity index (χ4v) is 3.91. The summed E-state index contributed by atoms with van der Waals surface area (Å²) in [6.07, 6.45) is 1.99. The number of nitrogens with one attached hydrogen (secondary N) is 3. The molecule has 2 aromatic heterocycles. The third-order valence-corrected chi connectivity index (χ3v) is 6.03. The van der Waals surface area contributed by atoms with Crippen molar-refractivity contribution < 1.29 is 9.59 Å². The van der Waals surface area contributed by atoms with Crippen molar-refractivity contribution in [2.45, 2.75) is 11.4 Å². The quantitative estimate of drug-likeness (QED) is 0.399. The first-order chi connectivity index (χ1) is 14.1. The second kappa shape index (κ2) is 8.50. The lowest BCUT2D eigenvalue weighted by molar-refractivity contribution is 0.0950. The van der Waals surface area contributed by atoms with Gasteiger partial charge in [-0.05, 0) is 60.2 Å². The van der Waals surface area contributed by atoms with Crippen LogP contribution in [-0.4, -0.2) is 28.3 Å². The number of thiophene rings is 1. The molecule has 0 unspecified atom stereocenters. The Labute approximate surface area is 175 Å². The fourth-order valence-electron chi connectivity index (χ4n) is 2.86. The summed E-state index contributed by atoms with van der Waals surface area (Å²) in [5.74, 6) is -0.0307. The average molecular weight is 423 g/mol. The van der Waals surface area contributed by atoms with Crippen molar-refractivity contribution in [1.82, 2.24) is 15.5 Å². The van der Waals surface area contributed by atoms with Gasteiger partial charge in [0, 0.05) is 26.3 Å². The summed E-state index contributed by atoms with van der Waals surface area (Å²) in [5.41, 5.74) is 1.80. The number of benzene rings is 2. The van der Waals surface area contributed by atoms with Gasteiger partial charge in [-0.2, -0.15) is 5.10 Å². The number of hydrogen-bond donors (Lipinski definition) is 3. The highest BCUT2D eigenvalue weighted by atomic mass is 32.2. The number of aromatic amines is 1. The molecular formula is C21H18N4O2S2. The van der Waals surface area contributed by atoms with Crippen LogP contribution in [0, 0.1) is 0 Å². The number of anilines is 1. The second-order valence-corrected chi connectivity index (χ2v) is 8.19. The molecule has 2 amide bonds. The first-order valence-corrected chi connectivity index (χ1v) is 11.0. The van der Waals surface area contributed by atoms with Crippen molar-refractivity contribution in [2.75, 3.05) is 11.6 Å². The van der Waals surface area contributed by atoms with E-state index in [-0.39, 0.29) is 11.8 Å². The number of nitrogens with zero attached hydrogens (tertiary/aromatic N) is 1. The van der Waals surface area contributed by atoms with Crippen LogP contribution in [0.2, 0.25) is 0 Å². The van der Waals surface area contributed by atoms with E-state index in [0.29, 0.717) is 28.9 Å². The molecule has 0 bridgehead atoms. The lowest BCUT2D eigenvalue weighted by Crippen LogP contribution is -2.22. The molecule has 0 aliphatic heterocycles. The maximum absolute atomic E-state index is 12.6. The molecular weight excluding hydrogens is 404 g/mol. The topological polar surface area (TPSA) is 86.9 Å². The number of carbonyl (C=O) groups is 2. The highest BCUT2D eigenvalue weighted by Crippen LogP contribution is 2.23. The van der Waals surface area contributed by atoms with E-state index in [1.165, 1.54) is 0 Å². The molecule has 0 saturated heterocycles. The van der Waals surface area contributed by atoms with E-state index in [4.69, 9.17) is 0 Å². The number of carbonyl (C=O) groups excluding carboxylic acids is 2. The molecule has 0 aliphatic rings. The van der Waals surface area contributed by atoms with Crippen molar-refractivity contribution in [3.63, 3.8) is 0 Å². The molecule has 0 saturated carbocycles. The Morgan fingerprint density at radius 1 is 1.07 bits per heavy atom. The number of hydrogen-bond acceptors (Lipinski definition) is 5. The Kier molecular flexibility index (Phi) is 5.64. The molecule has 146 valence electrons. The molecule has 0 aliphatic carbocycles. The van der Waals surface area contributed by atoms with E-state index in [0.717, 1.165) is 15.3 Å². The molecule has 2 heterocycles. The standard InChI is InChI=1S/C21H18N4O2S2/c1-28-15-7-4-13(5-8-15)21(27)23-19-17-11-14(6-9-18(17)24-25-19)20(26)22-12-16-3-2-10-29-16/h2-11H,12H2,1H3,(H,22,26)(H2,23,24,25,27). The van der Waals surface area contributed by atoms with Crippen LogP contribution in [0.15, 0.2) is 64.9 Å². The van der Waals surface area contributed by atoms with Gasteiger partial charge in [0.25, 0.3) is 11.8 Å². The van der Waals surface area contributed by atoms with Gasteiger partial charge in [-0.1, -0.05) is 6.07 Å². The van der Waals surface area contributed by atoms with Gasteiger partial charge in [0.1, 0.15) is 0 Å². The van der Waals surface area contributed by atoms with Crippen molar-refractivity contribution >= 4 is 51.6 Å². The molecule has 8 heteroatoms. The zero-order chi connectivity index (χ0) is 20.2. The third-order valence-electron chi connectivity index (χ3n) is 4.41. The normalized spacial score (nSPS) is 10.8. The third kappa shape index (κ3) is 4.33. The number of H-pyrrole nitrogens is 1. The Morgan fingerprint density at radius 2 is 1.86 bits per heavy atom. The number of rotatable bonds is 6. The Hall–Kier alpha value is -3.10.